The number of carbonyl (C=O) groups is 1. The summed E-state index contributed by atoms with van der Waals surface area (Å²) >= 11 is 0. The fourth-order valence-corrected chi connectivity index (χ4v) is 3.86. The summed E-state index contributed by atoms with van der Waals surface area (Å²) in [6.45, 7) is 6.51. The minimum absolute atomic E-state index is 0.0540. The maximum Gasteiger partial charge on any atom is 0.226 e. The molecule has 136 valence electrons. The van der Waals surface area contributed by atoms with Gasteiger partial charge in [-0.15, -0.1) is 0 Å². The number of carbonyl (C=O) groups excluding carboxylic acids is 1. The van der Waals surface area contributed by atoms with Gasteiger partial charge in [0.05, 0.1) is 12.5 Å². The van der Waals surface area contributed by atoms with Crippen molar-refractivity contribution in [3.8, 4) is 0 Å². The number of amides is 1. The third kappa shape index (κ3) is 4.73. The first kappa shape index (κ1) is 16.9. The van der Waals surface area contributed by atoms with E-state index >= 15 is 0 Å². The van der Waals surface area contributed by atoms with E-state index in [1.807, 2.05) is 12.1 Å². The third-order valence-electron chi connectivity index (χ3n) is 5.52. The van der Waals surface area contributed by atoms with Crippen LogP contribution in [0.4, 0.5) is 11.4 Å². The quantitative estimate of drug-likeness (QED) is 0.863. The van der Waals surface area contributed by atoms with E-state index in [-0.39, 0.29) is 12.0 Å². The number of anilines is 2. The number of ether oxygens (including phenoxy) is 1. The molecule has 1 saturated carbocycles. The van der Waals surface area contributed by atoms with Gasteiger partial charge in [-0.2, -0.15) is 0 Å². The highest BCUT2D eigenvalue weighted by molar-refractivity contribution is 5.91. The van der Waals surface area contributed by atoms with Crippen molar-refractivity contribution in [1.82, 2.24) is 4.90 Å². The fraction of sp³-hybridized carbons (Fsp3) is 0.650. The van der Waals surface area contributed by atoms with Crippen LogP contribution in [0.5, 0.6) is 0 Å². The van der Waals surface area contributed by atoms with Gasteiger partial charge >= 0.3 is 0 Å². The minimum Gasteiger partial charge on any atom is -0.378 e. The van der Waals surface area contributed by atoms with Gasteiger partial charge in [-0.1, -0.05) is 6.07 Å². The Morgan fingerprint density at radius 3 is 2.72 bits per heavy atom. The topological polar surface area (TPSA) is 44.8 Å². The molecule has 2 heterocycles. The summed E-state index contributed by atoms with van der Waals surface area (Å²) in [5.41, 5.74) is 2.10. The van der Waals surface area contributed by atoms with Gasteiger partial charge in [-0.05, 0) is 49.8 Å². The molecule has 2 saturated heterocycles. The lowest BCUT2D eigenvalue weighted by Gasteiger charge is -2.36. The van der Waals surface area contributed by atoms with Gasteiger partial charge < -0.3 is 15.0 Å². The standard InChI is InChI=1S/C20H29N3O2/c24-20(14-19-5-2-12-25-19)21-17-3-1-4-18(13-17)23-10-8-22(9-11-23)15-16-6-7-16/h1,3-4,13,16,19H,2,5-12,14-15H2,(H,21,24). The minimum atomic E-state index is 0.0540. The Hall–Kier alpha value is -1.59. The number of hydrogen-bond donors (Lipinski definition) is 1. The SMILES string of the molecule is O=C(CC1CCCO1)Nc1cccc(N2CCN(CC3CC3)CC2)c1. The molecule has 0 radical (unpaired) electrons. The lowest BCUT2D eigenvalue weighted by molar-refractivity contribution is -0.118. The van der Waals surface area contributed by atoms with Crippen LogP contribution in [0.15, 0.2) is 24.3 Å². The zero-order chi connectivity index (χ0) is 17.1. The summed E-state index contributed by atoms with van der Waals surface area (Å²) in [5, 5.41) is 3.04. The first-order chi connectivity index (χ1) is 12.3. The van der Waals surface area contributed by atoms with Crippen LogP contribution in [0.1, 0.15) is 32.1 Å². The molecule has 1 aromatic rings. The molecule has 0 aromatic heterocycles. The highest BCUT2D eigenvalue weighted by atomic mass is 16.5. The van der Waals surface area contributed by atoms with Gasteiger partial charge in [-0.3, -0.25) is 9.69 Å². The maximum absolute atomic E-state index is 12.2. The Kier molecular flexibility index (Phi) is 5.22. The molecule has 1 unspecified atom stereocenters. The molecule has 1 aliphatic carbocycles. The monoisotopic (exact) mass is 343 g/mol. The second kappa shape index (κ2) is 7.75. The molecule has 1 amide bonds. The van der Waals surface area contributed by atoms with Crippen LogP contribution in [-0.4, -0.2) is 56.2 Å². The fourth-order valence-electron chi connectivity index (χ4n) is 3.86. The van der Waals surface area contributed by atoms with E-state index in [1.165, 1.54) is 25.1 Å². The Bertz CT molecular complexity index is 588. The number of nitrogens with zero attached hydrogens (tertiary/aromatic N) is 2. The Labute approximate surface area is 150 Å². The summed E-state index contributed by atoms with van der Waals surface area (Å²) in [6, 6.07) is 8.25. The molecule has 2 aliphatic heterocycles. The van der Waals surface area contributed by atoms with E-state index in [1.54, 1.807) is 0 Å². The first-order valence-corrected chi connectivity index (χ1v) is 9.75. The number of hydrogen-bond acceptors (Lipinski definition) is 4. The van der Waals surface area contributed by atoms with Crippen molar-refractivity contribution in [2.24, 2.45) is 5.92 Å². The normalized spacial score (nSPS) is 24.5. The van der Waals surface area contributed by atoms with Crippen molar-refractivity contribution in [3.63, 3.8) is 0 Å². The summed E-state index contributed by atoms with van der Waals surface area (Å²) in [7, 11) is 0. The molecular weight excluding hydrogens is 314 g/mol. The largest absolute Gasteiger partial charge is 0.378 e. The number of rotatable bonds is 6. The van der Waals surface area contributed by atoms with Crippen LogP contribution in [0.3, 0.4) is 0 Å². The van der Waals surface area contributed by atoms with E-state index < -0.39 is 0 Å². The smallest absolute Gasteiger partial charge is 0.226 e. The lowest BCUT2D eigenvalue weighted by atomic mass is 10.1. The molecule has 1 atom stereocenters. The average molecular weight is 343 g/mol. The number of nitrogens with one attached hydrogen (secondary N) is 1. The molecule has 3 aliphatic rings. The third-order valence-corrected chi connectivity index (χ3v) is 5.52. The van der Waals surface area contributed by atoms with Crippen molar-refractivity contribution in [2.75, 3.05) is 49.5 Å². The molecule has 0 bridgehead atoms. The van der Waals surface area contributed by atoms with Crippen LogP contribution < -0.4 is 10.2 Å². The van der Waals surface area contributed by atoms with Crippen molar-refractivity contribution in [1.29, 1.82) is 0 Å². The van der Waals surface area contributed by atoms with Gasteiger partial charge in [0.25, 0.3) is 0 Å². The molecule has 3 fully saturated rings. The Morgan fingerprint density at radius 2 is 2.00 bits per heavy atom. The van der Waals surface area contributed by atoms with E-state index in [0.29, 0.717) is 6.42 Å². The van der Waals surface area contributed by atoms with E-state index in [9.17, 15) is 4.79 Å². The summed E-state index contributed by atoms with van der Waals surface area (Å²) in [6.07, 6.45) is 5.48. The number of benzene rings is 1. The summed E-state index contributed by atoms with van der Waals surface area (Å²) in [4.78, 5) is 17.2. The van der Waals surface area contributed by atoms with Crippen molar-refractivity contribution in [2.45, 2.75) is 38.2 Å². The van der Waals surface area contributed by atoms with Crippen molar-refractivity contribution < 1.29 is 9.53 Å². The first-order valence-electron chi connectivity index (χ1n) is 9.75. The van der Waals surface area contributed by atoms with Crippen LogP contribution in [0.25, 0.3) is 0 Å². The van der Waals surface area contributed by atoms with Crippen LogP contribution in [0.2, 0.25) is 0 Å². The molecule has 25 heavy (non-hydrogen) atoms. The summed E-state index contributed by atoms with van der Waals surface area (Å²) < 4.78 is 5.55. The van der Waals surface area contributed by atoms with Gasteiger partial charge in [0.2, 0.25) is 5.91 Å². The maximum atomic E-state index is 12.2. The van der Waals surface area contributed by atoms with E-state index in [0.717, 1.165) is 57.2 Å². The predicted molar refractivity (Wildman–Crippen MR) is 100 cm³/mol. The van der Waals surface area contributed by atoms with Gasteiger partial charge in [0.15, 0.2) is 0 Å². The van der Waals surface area contributed by atoms with Gasteiger partial charge in [0, 0.05) is 50.7 Å². The van der Waals surface area contributed by atoms with Gasteiger partial charge in [-0.25, -0.2) is 0 Å². The average Bonchev–Trinajstić information content (AvgIpc) is 3.29. The molecule has 1 N–H and O–H groups in total. The zero-order valence-electron chi connectivity index (χ0n) is 15.0. The molecule has 5 heteroatoms. The van der Waals surface area contributed by atoms with Crippen molar-refractivity contribution in [3.05, 3.63) is 24.3 Å². The van der Waals surface area contributed by atoms with Crippen molar-refractivity contribution >= 4 is 17.3 Å². The molecule has 4 rings (SSSR count). The highest BCUT2D eigenvalue weighted by Crippen LogP contribution is 2.30. The second-order valence-corrected chi connectivity index (χ2v) is 7.67. The lowest BCUT2D eigenvalue weighted by Crippen LogP contribution is -2.47. The molecular formula is C20H29N3O2. The van der Waals surface area contributed by atoms with E-state index in [4.69, 9.17) is 4.74 Å². The summed E-state index contributed by atoms with van der Waals surface area (Å²) in [5.74, 6) is 1.02. The molecule has 5 nitrogen and oxygen atoms in total. The highest BCUT2D eigenvalue weighted by Gasteiger charge is 2.26. The predicted octanol–water partition coefficient (Wildman–Crippen LogP) is 2.73. The van der Waals surface area contributed by atoms with E-state index in [2.05, 4.69) is 27.2 Å². The second-order valence-electron chi connectivity index (χ2n) is 7.67. The zero-order valence-corrected chi connectivity index (χ0v) is 15.0. The van der Waals surface area contributed by atoms with Crippen LogP contribution in [0, 0.1) is 5.92 Å². The molecule has 1 aromatic carbocycles. The Morgan fingerprint density at radius 1 is 1.16 bits per heavy atom. The van der Waals surface area contributed by atoms with Crippen LogP contribution >= 0.6 is 0 Å². The van der Waals surface area contributed by atoms with Gasteiger partial charge in [0.1, 0.15) is 0 Å². The number of piperazine rings is 1. The van der Waals surface area contributed by atoms with Crippen LogP contribution in [-0.2, 0) is 9.53 Å². The Balaban J connectivity index is 1.29. The molecule has 0 spiro atoms.